The maximum absolute atomic E-state index is 5.77. The van der Waals surface area contributed by atoms with Crippen molar-refractivity contribution in [2.24, 2.45) is 0 Å². The molecular weight excluding hydrogens is 236 g/mol. The van der Waals surface area contributed by atoms with E-state index < -0.39 is 0 Å². The molecule has 3 nitrogen and oxygen atoms in total. The molecule has 0 amide bonds. The highest BCUT2D eigenvalue weighted by molar-refractivity contribution is 6.29. The monoisotopic (exact) mass is 246 g/mol. The lowest BCUT2D eigenvalue weighted by molar-refractivity contribution is 0.291. The summed E-state index contributed by atoms with van der Waals surface area (Å²) in [6.45, 7) is 4.08. The second kappa shape index (κ2) is 5.46. The largest absolute Gasteiger partial charge is 0.471 e. The van der Waals surface area contributed by atoms with Crippen molar-refractivity contribution in [1.82, 2.24) is 9.97 Å². The highest BCUT2D eigenvalue weighted by Gasteiger charge is 2.05. The lowest BCUT2D eigenvalue weighted by Crippen LogP contribution is -2.00. The smallest absolute Gasteiger partial charge is 0.241 e. The fourth-order valence-electron chi connectivity index (χ4n) is 1.33. The first-order valence-electron chi connectivity index (χ1n) is 5.11. The van der Waals surface area contributed by atoms with E-state index >= 15 is 0 Å². The number of hydrogen-bond acceptors (Lipinski definition) is 3. The third-order valence-electron chi connectivity index (χ3n) is 2.15. The highest BCUT2D eigenvalue weighted by atomic mass is 35.5. The van der Waals surface area contributed by atoms with Crippen LogP contribution in [0, 0.1) is 0 Å². The normalized spacial score (nSPS) is 9.94. The van der Waals surface area contributed by atoms with Crippen molar-refractivity contribution in [3.05, 3.63) is 59.5 Å². The lowest BCUT2D eigenvalue weighted by Gasteiger charge is -2.07. The average Bonchev–Trinajstić information content (AvgIpc) is 2.38. The summed E-state index contributed by atoms with van der Waals surface area (Å²) in [4.78, 5) is 8.14. The summed E-state index contributed by atoms with van der Waals surface area (Å²) in [7, 11) is 0. The van der Waals surface area contributed by atoms with E-state index in [2.05, 4.69) is 16.5 Å². The van der Waals surface area contributed by atoms with E-state index in [9.17, 15) is 0 Å². The number of ether oxygens (including phenoxy) is 1. The first-order valence-corrected chi connectivity index (χ1v) is 5.49. The molecule has 2 aromatic rings. The van der Waals surface area contributed by atoms with Crippen LogP contribution in [0.2, 0.25) is 5.15 Å². The zero-order valence-corrected chi connectivity index (χ0v) is 9.89. The fraction of sp³-hybridized carbons (Fsp3) is 0.0769. The Hall–Kier alpha value is -1.87. The van der Waals surface area contributed by atoms with Crippen LogP contribution >= 0.6 is 11.6 Å². The molecule has 0 N–H and O–H groups in total. The lowest BCUT2D eigenvalue weighted by atomic mass is 10.2. The van der Waals surface area contributed by atoms with Gasteiger partial charge in [-0.2, -0.15) is 4.98 Å². The molecule has 0 unspecified atom stereocenters. The molecule has 0 aliphatic carbocycles. The molecule has 4 heteroatoms. The summed E-state index contributed by atoms with van der Waals surface area (Å²) in [6.07, 6.45) is 3.05. The van der Waals surface area contributed by atoms with Crippen LogP contribution in [-0.2, 0) is 6.61 Å². The second-order valence-electron chi connectivity index (χ2n) is 3.36. The summed E-state index contributed by atoms with van der Waals surface area (Å²) in [5, 5.41) is 0.304. The molecule has 0 spiro atoms. The van der Waals surface area contributed by atoms with Crippen LogP contribution in [0.25, 0.3) is 6.08 Å². The Kier molecular flexibility index (Phi) is 3.73. The Balaban J connectivity index is 2.13. The fourth-order valence-corrected chi connectivity index (χ4v) is 1.46. The minimum Gasteiger partial charge on any atom is -0.471 e. The van der Waals surface area contributed by atoms with E-state index in [1.807, 2.05) is 30.3 Å². The summed E-state index contributed by atoms with van der Waals surface area (Å²) in [5.41, 5.74) is 1.65. The SMILES string of the molecule is C=Cc1ncc(Cl)nc1OCc1ccccc1. The average molecular weight is 247 g/mol. The van der Waals surface area contributed by atoms with Crippen molar-refractivity contribution in [3.8, 4) is 5.88 Å². The molecule has 0 atom stereocenters. The van der Waals surface area contributed by atoms with Gasteiger partial charge in [0.2, 0.25) is 5.88 Å². The van der Waals surface area contributed by atoms with Gasteiger partial charge in [0.15, 0.2) is 5.15 Å². The first-order chi connectivity index (χ1) is 8.29. The van der Waals surface area contributed by atoms with E-state index in [0.29, 0.717) is 23.3 Å². The van der Waals surface area contributed by atoms with Gasteiger partial charge in [0, 0.05) is 0 Å². The van der Waals surface area contributed by atoms with Crippen LogP contribution < -0.4 is 4.74 Å². The number of hydrogen-bond donors (Lipinski definition) is 0. The minimum absolute atomic E-state index is 0.304. The zero-order valence-electron chi connectivity index (χ0n) is 9.14. The van der Waals surface area contributed by atoms with E-state index in [1.165, 1.54) is 6.20 Å². The third kappa shape index (κ3) is 3.04. The maximum Gasteiger partial charge on any atom is 0.241 e. The Morgan fingerprint density at radius 2 is 2.06 bits per heavy atom. The number of benzene rings is 1. The van der Waals surface area contributed by atoms with Crippen LogP contribution in [0.15, 0.2) is 43.1 Å². The zero-order chi connectivity index (χ0) is 12.1. The number of rotatable bonds is 4. The maximum atomic E-state index is 5.77. The second-order valence-corrected chi connectivity index (χ2v) is 3.75. The summed E-state index contributed by atoms with van der Waals surface area (Å²) in [6, 6.07) is 9.82. The van der Waals surface area contributed by atoms with E-state index in [-0.39, 0.29) is 0 Å². The van der Waals surface area contributed by atoms with Crippen LogP contribution in [0.5, 0.6) is 5.88 Å². The van der Waals surface area contributed by atoms with Gasteiger partial charge in [0.25, 0.3) is 0 Å². The summed E-state index contributed by atoms with van der Waals surface area (Å²) >= 11 is 5.77. The molecule has 2 rings (SSSR count). The van der Waals surface area contributed by atoms with Crippen molar-refractivity contribution in [2.45, 2.75) is 6.61 Å². The van der Waals surface area contributed by atoms with Gasteiger partial charge in [-0.3, -0.25) is 0 Å². The van der Waals surface area contributed by atoms with E-state index in [0.717, 1.165) is 5.56 Å². The molecule has 0 fully saturated rings. The molecule has 1 heterocycles. The van der Waals surface area contributed by atoms with Crippen molar-refractivity contribution in [3.63, 3.8) is 0 Å². The van der Waals surface area contributed by atoms with Crippen molar-refractivity contribution < 1.29 is 4.74 Å². The van der Waals surface area contributed by atoms with Crippen molar-refractivity contribution >= 4 is 17.7 Å². The standard InChI is InChI=1S/C13H11ClN2O/c1-2-11-13(16-12(14)8-15-11)17-9-10-6-4-3-5-7-10/h2-8H,1,9H2. The molecule has 1 aromatic heterocycles. The summed E-state index contributed by atoms with van der Waals surface area (Å²) < 4.78 is 5.57. The highest BCUT2D eigenvalue weighted by Crippen LogP contribution is 2.18. The summed E-state index contributed by atoms with van der Waals surface area (Å²) in [5.74, 6) is 0.399. The van der Waals surface area contributed by atoms with Gasteiger partial charge in [-0.1, -0.05) is 48.5 Å². The van der Waals surface area contributed by atoms with Gasteiger partial charge in [-0.15, -0.1) is 0 Å². The van der Waals surface area contributed by atoms with Crippen molar-refractivity contribution in [1.29, 1.82) is 0 Å². The van der Waals surface area contributed by atoms with Crippen LogP contribution in [0.4, 0.5) is 0 Å². The van der Waals surface area contributed by atoms with Gasteiger partial charge < -0.3 is 4.74 Å². The van der Waals surface area contributed by atoms with Crippen LogP contribution in [0.3, 0.4) is 0 Å². The molecular formula is C13H11ClN2O. The van der Waals surface area contributed by atoms with Crippen LogP contribution in [-0.4, -0.2) is 9.97 Å². The molecule has 0 aliphatic heterocycles. The Morgan fingerprint density at radius 1 is 1.29 bits per heavy atom. The van der Waals surface area contributed by atoms with Gasteiger partial charge in [0.1, 0.15) is 12.3 Å². The van der Waals surface area contributed by atoms with Gasteiger partial charge in [-0.25, -0.2) is 4.98 Å². The Bertz CT molecular complexity index is 514. The van der Waals surface area contributed by atoms with E-state index in [4.69, 9.17) is 16.3 Å². The topological polar surface area (TPSA) is 35.0 Å². The Labute approximate surface area is 105 Å². The van der Waals surface area contributed by atoms with Gasteiger partial charge in [0.05, 0.1) is 6.20 Å². The first kappa shape index (κ1) is 11.6. The molecule has 0 aliphatic rings. The van der Waals surface area contributed by atoms with Crippen molar-refractivity contribution in [2.75, 3.05) is 0 Å². The molecule has 0 saturated heterocycles. The van der Waals surface area contributed by atoms with Crippen LogP contribution in [0.1, 0.15) is 11.3 Å². The van der Waals surface area contributed by atoms with E-state index in [1.54, 1.807) is 6.08 Å². The molecule has 86 valence electrons. The Morgan fingerprint density at radius 3 is 2.76 bits per heavy atom. The molecule has 17 heavy (non-hydrogen) atoms. The molecule has 0 bridgehead atoms. The molecule has 1 aromatic carbocycles. The van der Waals surface area contributed by atoms with Gasteiger partial charge in [-0.05, 0) is 11.6 Å². The quantitative estimate of drug-likeness (QED) is 0.830. The minimum atomic E-state index is 0.304. The number of aromatic nitrogens is 2. The number of halogens is 1. The third-order valence-corrected chi connectivity index (χ3v) is 2.33. The number of nitrogens with zero attached hydrogens (tertiary/aromatic N) is 2. The molecule has 0 saturated carbocycles. The predicted molar refractivity (Wildman–Crippen MR) is 67.9 cm³/mol. The molecule has 0 radical (unpaired) electrons. The van der Waals surface area contributed by atoms with Gasteiger partial charge >= 0.3 is 0 Å². The predicted octanol–water partition coefficient (Wildman–Crippen LogP) is 3.35.